The Hall–Kier alpha value is -1.46. The van der Waals surface area contributed by atoms with Crippen LogP contribution in [0.25, 0.3) is 0 Å². The SMILES string of the molecule is COC(=O)C(ON)c1ccccc1F. The Kier molecular flexibility index (Phi) is 3.55. The minimum atomic E-state index is -1.22. The van der Waals surface area contributed by atoms with Crippen molar-refractivity contribution in [2.45, 2.75) is 6.10 Å². The topological polar surface area (TPSA) is 61.5 Å². The van der Waals surface area contributed by atoms with E-state index < -0.39 is 17.9 Å². The Morgan fingerprint density at radius 3 is 2.64 bits per heavy atom. The highest BCUT2D eigenvalue weighted by molar-refractivity contribution is 5.76. The largest absolute Gasteiger partial charge is 0.467 e. The van der Waals surface area contributed by atoms with Crippen molar-refractivity contribution < 1.29 is 18.8 Å². The molecule has 5 heteroatoms. The lowest BCUT2D eigenvalue weighted by atomic mass is 10.1. The van der Waals surface area contributed by atoms with Crippen molar-refractivity contribution in [1.29, 1.82) is 0 Å². The van der Waals surface area contributed by atoms with Crippen molar-refractivity contribution >= 4 is 5.97 Å². The fraction of sp³-hybridized carbons (Fsp3) is 0.222. The third-order valence-electron chi connectivity index (χ3n) is 1.74. The summed E-state index contributed by atoms with van der Waals surface area (Å²) in [5.41, 5.74) is 0.0573. The molecule has 0 amide bonds. The quantitative estimate of drug-likeness (QED) is 0.581. The predicted molar refractivity (Wildman–Crippen MR) is 46.4 cm³/mol. The first-order valence-corrected chi connectivity index (χ1v) is 3.88. The van der Waals surface area contributed by atoms with Crippen LogP contribution in [0, 0.1) is 5.82 Å². The first kappa shape index (κ1) is 10.6. The highest BCUT2D eigenvalue weighted by atomic mass is 19.1. The number of hydrogen-bond donors (Lipinski definition) is 1. The molecule has 0 aliphatic carbocycles. The molecule has 14 heavy (non-hydrogen) atoms. The highest BCUT2D eigenvalue weighted by Gasteiger charge is 2.24. The lowest BCUT2D eigenvalue weighted by Crippen LogP contribution is -2.21. The van der Waals surface area contributed by atoms with Crippen LogP contribution in [0.1, 0.15) is 11.7 Å². The fourth-order valence-electron chi connectivity index (χ4n) is 1.05. The number of hydrogen-bond acceptors (Lipinski definition) is 4. The van der Waals surface area contributed by atoms with Gasteiger partial charge in [0.25, 0.3) is 0 Å². The second-order valence-electron chi connectivity index (χ2n) is 2.56. The fourth-order valence-corrected chi connectivity index (χ4v) is 1.05. The van der Waals surface area contributed by atoms with Gasteiger partial charge in [-0.3, -0.25) is 4.84 Å². The summed E-state index contributed by atoms with van der Waals surface area (Å²) in [6, 6.07) is 5.70. The van der Waals surface area contributed by atoms with Gasteiger partial charge in [-0.15, -0.1) is 0 Å². The van der Waals surface area contributed by atoms with Gasteiger partial charge in [0, 0.05) is 5.56 Å². The van der Waals surface area contributed by atoms with Crippen LogP contribution in [-0.4, -0.2) is 13.1 Å². The second-order valence-corrected chi connectivity index (χ2v) is 2.56. The summed E-state index contributed by atoms with van der Waals surface area (Å²) in [4.78, 5) is 15.5. The maximum atomic E-state index is 13.2. The van der Waals surface area contributed by atoms with E-state index >= 15 is 0 Å². The molecule has 0 heterocycles. The number of benzene rings is 1. The van der Waals surface area contributed by atoms with Crippen molar-refractivity contribution in [1.82, 2.24) is 0 Å². The minimum absolute atomic E-state index is 0.0573. The van der Waals surface area contributed by atoms with Gasteiger partial charge in [0.2, 0.25) is 6.10 Å². The number of ether oxygens (including phenoxy) is 1. The van der Waals surface area contributed by atoms with Gasteiger partial charge in [-0.25, -0.2) is 15.1 Å². The summed E-state index contributed by atoms with van der Waals surface area (Å²) in [5, 5.41) is 0. The number of carbonyl (C=O) groups is 1. The molecule has 0 saturated carbocycles. The van der Waals surface area contributed by atoms with E-state index in [1.54, 1.807) is 6.07 Å². The molecular formula is C9H10FNO3. The molecule has 0 aliphatic rings. The Morgan fingerprint density at radius 2 is 2.14 bits per heavy atom. The van der Waals surface area contributed by atoms with E-state index in [4.69, 9.17) is 5.90 Å². The van der Waals surface area contributed by atoms with Gasteiger partial charge in [0.15, 0.2) is 0 Å². The van der Waals surface area contributed by atoms with Crippen molar-refractivity contribution in [3.63, 3.8) is 0 Å². The van der Waals surface area contributed by atoms with Crippen LogP contribution in [0.2, 0.25) is 0 Å². The summed E-state index contributed by atoms with van der Waals surface area (Å²) >= 11 is 0. The van der Waals surface area contributed by atoms with Crippen molar-refractivity contribution in [3.8, 4) is 0 Å². The minimum Gasteiger partial charge on any atom is -0.467 e. The summed E-state index contributed by atoms with van der Waals surface area (Å²) in [6.45, 7) is 0. The normalized spacial score (nSPS) is 12.2. The molecule has 2 N–H and O–H groups in total. The monoisotopic (exact) mass is 199 g/mol. The zero-order chi connectivity index (χ0) is 10.6. The van der Waals surface area contributed by atoms with Gasteiger partial charge < -0.3 is 4.74 Å². The van der Waals surface area contributed by atoms with E-state index in [9.17, 15) is 9.18 Å². The standard InChI is InChI=1S/C9H10FNO3/c1-13-9(12)8(14-11)6-4-2-3-5-7(6)10/h2-5,8H,11H2,1H3. The Labute approximate surface area is 80.4 Å². The average Bonchev–Trinajstić information content (AvgIpc) is 2.21. The molecule has 1 unspecified atom stereocenters. The molecule has 1 rings (SSSR count). The number of rotatable bonds is 3. The predicted octanol–water partition coefficient (Wildman–Crippen LogP) is 0.930. The van der Waals surface area contributed by atoms with Crippen LogP contribution in [0.4, 0.5) is 4.39 Å². The Bertz CT molecular complexity index is 330. The first-order valence-electron chi connectivity index (χ1n) is 3.88. The molecule has 0 bridgehead atoms. The molecule has 1 aromatic carbocycles. The van der Waals surface area contributed by atoms with E-state index in [-0.39, 0.29) is 5.56 Å². The third kappa shape index (κ3) is 2.07. The molecule has 0 radical (unpaired) electrons. The number of nitrogens with two attached hydrogens (primary N) is 1. The van der Waals surface area contributed by atoms with Crippen molar-refractivity contribution in [2.24, 2.45) is 5.90 Å². The van der Waals surface area contributed by atoms with E-state index in [0.29, 0.717) is 0 Å². The lowest BCUT2D eigenvalue weighted by Gasteiger charge is -2.12. The van der Waals surface area contributed by atoms with Crippen LogP contribution < -0.4 is 5.90 Å². The molecule has 4 nitrogen and oxygen atoms in total. The van der Waals surface area contributed by atoms with Crippen LogP contribution in [-0.2, 0) is 14.4 Å². The highest BCUT2D eigenvalue weighted by Crippen LogP contribution is 2.19. The second kappa shape index (κ2) is 4.69. The smallest absolute Gasteiger partial charge is 0.341 e. The summed E-state index contributed by atoms with van der Waals surface area (Å²) in [5.74, 6) is 3.58. The zero-order valence-electron chi connectivity index (χ0n) is 7.57. The summed E-state index contributed by atoms with van der Waals surface area (Å²) in [7, 11) is 1.18. The van der Waals surface area contributed by atoms with Gasteiger partial charge in [0.05, 0.1) is 7.11 Å². The van der Waals surface area contributed by atoms with Crippen molar-refractivity contribution in [2.75, 3.05) is 7.11 Å². The molecule has 0 saturated heterocycles. The Balaban J connectivity index is 3.01. The van der Waals surface area contributed by atoms with E-state index in [1.165, 1.54) is 25.3 Å². The Morgan fingerprint density at radius 1 is 1.50 bits per heavy atom. The molecule has 1 aromatic rings. The van der Waals surface area contributed by atoms with Gasteiger partial charge in [-0.2, -0.15) is 0 Å². The van der Waals surface area contributed by atoms with Gasteiger partial charge >= 0.3 is 5.97 Å². The molecule has 0 fully saturated rings. The van der Waals surface area contributed by atoms with Crippen LogP contribution >= 0.6 is 0 Å². The summed E-state index contributed by atoms with van der Waals surface area (Å²) < 4.78 is 17.6. The van der Waals surface area contributed by atoms with E-state index in [0.717, 1.165) is 0 Å². The van der Waals surface area contributed by atoms with Gasteiger partial charge in [-0.1, -0.05) is 18.2 Å². The summed E-state index contributed by atoms with van der Waals surface area (Å²) in [6.07, 6.45) is -1.22. The number of esters is 1. The number of halogens is 1. The number of carbonyl (C=O) groups excluding carboxylic acids is 1. The molecular weight excluding hydrogens is 189 g/mol. The van der Waals surface area contributed by atoms with Crippen LogP contribution in [0.3, 0.4) is 0 Å². The molecule has 1 atom stereocenters. The molecule has 0 aromatic heterocycles. The maximum absolute atomic E-state index is 13.2. The average molecular weight is 199 g/mol. The van der Waals surface area contributed by atoms with Crippen molar-refractivity contribution in [3.05, 3.63) is 35.6 Å². The maximum Gasteiger partial charge on any atom is 0.341 e. The lowest BCUT2D eigenvalue weighted by molar-refractivity contribution is -0.155. The number of methoxy groups -OCH3 is 1. The van der Waals surface area contributed by atoms with E-state index in [1.807, 2.05) is 0 Å². The molecule has 0 spiro atoms. The van der Waals surface area contributed by atoms with Crippen LogP contribution in [0.5, 0.6) is 0 Å². The van der Waals surface area contributed by atoms with E-state index in [2.05, 4.69) is 9.57 Å². The van der Waals surface area contributed by atoms with Gasteiger partial charge in [-0.05, 0) is 6.07 Å². The van der Waals surface area contributed by atoms with Crippen LogP contribution in [0.15, 0.2) is 24.3 Å². The zero-order valence-corrected chi connectivity index (χ0v) is 7.57. The first-order chi connectivity index (χ1) is 6.70. The molecule has 76 valence electrons. The van der Waals surface area contributed by atoms with Gasteiger partial charge in [0.1, 0.15) is 5.82 Å². The third-order valence-corrected chi connectivity index (χ3v) is 1.74. The molecule has 0 aliphatic heterocycles.